The SMILES string of the molecule is CCC(CC)(CCl)CNCc1ccc(Br)cn1. The first-order chi connectivity index (χ1) is 8.15. The molecule has 0 bridgehead atoms. The highest BCUT2D eigenvalue weighted by Crippen LogP contribution is 2.26. The zero-order valence-electron chi connectivity index (χ0n) is 10.5. The summed E-state index contributed by atoms with van der Waals surface area (Å²) in [7, 11) is 0. The van der Waals surface area contributed by atoms with Crippen molar-refractivity contribution >= 4 is 27.5 Å². The van der Waals surface area contributed by atoms with Crippen LogP contribution in [0.4, 0.5) is 0 Å². The van der Waals surface area contributed by atoms with Crippen LogP contribution < -0.4 is 5.32 Å². The average molecular weight is 320 g/mol. The highest BCUT2D eigenvalue weighted by molar-refractivity contribution is 9.10. The molecule has 0 aliphatic rings. The van der Waals surface area contributed by atoms with Gasteiger partial charge in [-0.2, -0.15) is 0 Å². The largest absolute Gasteiger partial charge is 0.311 e. The third-order valence-electron chi connectivity index (χ3n) is 3.38. The highest BCUT2D eigenvalue weighted by atomic mass is 79.9. The number of halogens is 2. The fourth-order valence-corrected chi connectivity index (χ4v) is 2.41. The van der Waals surface area contributed by atoms with Gasteiger partial charge in [0, 0.05) is 29.6 Å². The fourth-order valence-electron chi connectivity index (χ4n) is 1.70. The van der Waals surface area contributed by atoms with Crippen molar-refractivity contribution in [2.75, 3.05) is 12.4 Å². The molecule has 0 spiro atoms. The molecule has 2 nitrogen and oxygen atoms in total. The summed E-state index contributed by atoms with van der Waals surface area (Å²) in [5.41, 5.74) is 1.28. The number of pyridine rings is 1. The molecule has 0 saturated heterocycles. The third kappa shape index (κ3) is 4.57. The Kier molecular flexibility index (Phi) is 6.45. The van der Waals surface area contributed by atoms with E-state index in [2.05, 4.69) is 40.1 Å². The number of nitrogens with one attached hydrogen (secondary N) is 1. The number of nitrogens with zero attached hydrogens (tertiary/aromatic N) is 1. The van der Waals surface area contributed by atoms with Gasteiger partial charge >= 0.3 is 0 Å². The zero-order chi connectivity index (χ0) is 12.7. The van der Waals surface area contributed by atoms with Crippen LogP contribution in [0.3, 0.4) is 0 Å². The summed E-state index contributed by atoms with van der Waals surface area (Å²) in [4.78, 5) is 4.33. The maximum absolute atomic E-state index is 6.07. The molecule has 0 saturated carbocycles. The molecule has 0 aliphatic carbocycles. The second-order valence-corrected chi connectivity index (χ2v) is 5.59. The lowest BCUT2D eigenvalue weighted by molar-refractivity contribution is 0.285. The molecule has 1 N–H and O–H groups in total. The van der Waals surface area contributed by atoms with E-state index in [-0.39, 0.29) is 5.41 Å². The van der Waals surface area contributed by atoms with Crippen molar-refractivity contribution in [3.05, 3.63) is 28.5 Å². The van der Waals surface area contributed by atoms with Crippen LogP contribution in [0.5, 0.6) is 0 Å². The van der Waals surface area contributed by atoms with Gasteiger partial charge in [0.2, 0.25) is 0 Å². The summed E-state index contributed by atoms with van der Waals surface area (Å²) in [6.45, 7) is 6.14. The van der Waals surface area contributed by atoms with E-state index in [0.29, 0.717) is 5.88 Å². The molecule has 0 fully saturated rings. The average Bonchev–Trinajstić information content (AvgIpc) is 2.38. The molecule has 1 rings (SSSR count). The van der Waals surface area contributed by atoms with Gasteiger partial charge in [-0.15, -0.1) is 11.6 Å². The molecular formula is C13H20BrClN2. The van der Waals surface area contributed by atoms with Gasteiger partial charge in [0.1, 0.15) is 0 Å². The van der Waals surface area contributed by atoms with Crippen LogP contribution >= 0.6 is 27.5 Å². The zero-order valence-corrected chi connectivity index (χ0v) is 12.8. The van der Waals surface area contributed by atoms with E-state index in [1.807, 2.05) is 18.3 Å². The van der Waals surface area contributed by atoms with Crippen molar-refractivity contribution in [2.24, 2.45) is 5.41 Å². The van der Waals surface area contributed by atoms with Gasteiger partial charge in [0.05, 0.1) is 5.69 Å². The van der Waals surface area contributed by atoms with E-state index in [9.17, 15) is 0 Å². The lowest BCUT2D eigenvalue weighted by atomic mass is 9.84. The van der Waals surface area contributed by atoms with Gasteiger partial charge in [0.25, 0.3) is 0 Å². The van der Waals surface area contributed by atoms with Gasteiger partial charge in [0.15, 0.2) is 0 Å². The summed E-state index contributed by atoms with van der Waals surface area (Å²) in [6.07, 6.45) is 4.03. The smallest absolute Gasteiger partial charge is 0.0542 e. The Bertz CT molecular complexity index is 314. The van der Waals surface area contributed by atoms with Crippen molar-refractivity contribution < 1.29 is 0 Å². The molecule has 0 radical (unpaired) electrons. The number of alkyl halides is 1. The molecule has 1 heterocycles. The number of hydrogen-bond donors (Lipinski definition) is 1. The van der Waals surface area contributed by atoms with E-state index in [0.717, 1.165) is 36.1 Å². The molecule has 0 aliphatic heterocycles. The molecule has 1 aromatic rings. The topological polar surface area (TPSA) is 24.9 Å². The Morgan fingerprint density at radius 1 is 1.35 bits per heavy atom. The Morgan fingerprint density at radius 3 is 2.53 bits per heavy atom. The Balaban J connectivity index is 2.43. The van der Waals surface area contributed by atoms with Crippen molar-refractivity contribution in [1.82, 2.24) is 10.3 Å². The monoisotopic (exact) mass is 318 g/mol. The van der Waals surface area contributed by atoms with E-state index in [1.54, 1.807) is 0 Å². The first-order valence-electron chi connectivity index (χ1n) is 6.03. The van der Waals surface area contributed by atoms with Crippen LogP contribution in [-0.2, 0) is 6.54 Å². The van der Waals surface area contributed by atoms with Gasteiger partial charge in [-0.25, -0.2) is 0 Å². The third-order valence-corrected chi connectivity index (χ3v) is 4.41. The van der Waals surface area contributed by atoms with Gasteiger partial charge in [-0.05, 0) is 46.3 Å². The summed E-state index contributed by atoms with van der Waals surface area (Å²) in [5.74, 6) is 0.709. The minimum atomic E-state index is 0.219. The first kappa shape index (κ1) is 14.9. The quantitative estimate of drug-likeness (QED) is 0.769. The maximum Gasteiger partial charge on any atom is 0.0542 e. The minimum Gasteiger partial charge on any atom is -0.311 e. The first-order valence-corrected chi connectivity index (χ1v) is 7.35. The minimum absolute atomic E-state index is 0.219. The van der Waals surface area contributed by atoms with Crippen LogP contribution in [0.25, 0.3) is 0 Å². The lowest BCUT2D eigenvalue weighted by Gasteiger charge is -2.29. The number of aromatic nitrogens is 1. The second kappa shape index (κ2) is 7.34. The van der Waals surface area contributed by atoms with Crippen LogP contribution in [0.2, 0.25) is 0 Å². The highest BCUT2D eigenvalue weighted by Gasteiger charge is 2.24. The van der Waals surface area contributed by atoms with Crippen molar-refractivity contribution in [3.8, 4) is 0 Å². The van der Waals surface area contributed by atoms with Crippen molar-refractivity contribution in [2.45, 2.75) is 33.2 Å². The van der Waals surface area contributed by atoms with E-state index in [1.165, 1.54) is 0 Å². The summed E-state index contributed by atoms with van der Waals surface area (Å²) in [6, 6.07) is 4.04. The van der Waals surface area contributed by atoms with E-state index >= 15 is 0 Å². The van der Waals surface area contributed by atoms with Gasteiger partial charge in [-0.1, -0.05) is 13.8 Å². The Labute approximate surface area is 117 Å². The summed E-state index contributed by atoms with van der Waals surface area (Å²) < 4.78 is 1.01. The van der Waals surface area contributed by atoms with E-state index < -0.39 is 0 Å². The van der Waals surface area contributed by atoms with Crippen molar-refractivity contribution in [1.29, 1.82) is 0 Å². The predicted molar refractivity (Wildman–Crippen MR) is 77.4 cm³/mol. The van der Waals surface area contributed by atoms with Crippen LogP contribution in [0.15, 0.2) is 22.8 Å². The summed E-state index contributed by atoms with van der Waals surface area (Å²) in [5, 5.41) is 3.45. The van der Waals surface area contributed by atoms with Crippen LogP contribution in [0.1, 0.15) is 32.4 Å². The number of hydrogen-bond acceptors (Lipinski definition) is 2. The summed E-state index contributed by atoms with van der Waals surface area (Å²) >= 11 is 9.44. The molecule has 0 atom stereocenters. The number of rotatable bonds is 7. The van der Waals surface area contributed by atoms with Gasteiger partial charge < -0.3 is 5.32 Å². The van der Waals surface area contributed by atoms with Gasteiger partial charge in [-0.3, -0.25) is 4.98 Å². The molecule has 1 aromatic heterocycles. The Morgan fingerprint density at radius 2 is 2.06 bits per heavy atom. The Hall–Kier alpha value is -0.120. The maximum atomic E-state index is 6.07. The van der Waals surface area contributed by atoms with Crippen LogP contribution in [0, 0.1) is 5.41 Å². The normalized spacial score (nSPS) is 11.8. The van der Waals surface area contributed by atoms with E-state index in [4.69, 9.17) is 11.6 Å². The second-order valence-electron chi connectivity index (χ2n) is 4.41. The fraction of sp³-hybridized carbons (Fsp3) is 0.615. The van der Waals surface area contributed by atoms with Crippen molar-refractivity contribution in [3.63, 3.8) is 0 Å². The molecule has 17 heavy (non-hydrogen) atoms. The molecule has 0 aromatic carbocycles. The molecular weight excluding hydrogens is 300 g/mol. The molecule has 4 heteroatoms. The molecule has 0 unspecified atom stereocenters. The standard InChI is InChI=1S/C13H20BrClN2/c1-3-13(4-2,9-15)10-16-8-12-6-5-11(14)7-17-12/h5-7,16H,3-4,8-10H2,1-2H3. The van der Waals surface area contributed by atoms with Crippen LogP contribution in [-0.4, -0.2) is 17.4 Å². The molecule has 0 amide bonds. The predicted octanol–water partition coefficient (Wildman–Crippen LogP) is 3.98. The lowest BCUT2D eigenvalue weighted by Crippen LogP contribution is -2.34. The molecule has 96 valence electrons.